The highest BCUT2D eigenvalue weighted by Crippen LogP contribution is 2.07. The summed E-state index contributed by atoms with van der Waals surface area (Å²) in [6.45, 7) is 3.31. The maximum absolute atomic E-state index is 11.5. The molecule has 0 rings (SSSR count). The van der Waals surface area contributed by atoms with Crippen LogP contribution >= 0.6 is 0 Å². The molecule has 0 radical (unpaired) electrons. The van der Waals surface area contributed by atoms with Crippen LogP contribution in [0.3, 0.4) is 0 Å². The molecule has 0 aromatic heterocycles. The first-order valence-corrected chi connectivity index (χ1v) is 5.97. The summed E-state index contributed by atoms with van der Waals surface area (Å²) in [5, 5.41) is 22.5. The highest BCUT2D eigenvalue weighted by Gasteiger charge is 2.21. The number of carboxylic acids is 2. The molecule has 0 bridgehead atoms. The van der Waals surface area contributed by atoms with Crippen molar-refractivity contribution in [2.75, 3.05) is 7.05 Å². The summed E-state index contributed by atoms with van der Waals surface area (Å²) in [6, 6.07) is -1.13. The van der Waals surface area contributed by atoms with Crippen molar-refractivity contribution >= 4 is 24.6 Å². The Morgan fingerprint density at radius 3 is 2.40 bits per heavy atom. The van der Waals surface area contributed by atoms with Crippen molar-refractivity contribution in [3.63, 3.8) is 0 Å². The number of carboxylic acid groups (broad SMARTS) is 2. The second-order valence-corrected chi connectivity index (χ2v) is 3.99. The van der Waals surface area contributed by atoms with Crippen LogP contribution in [0, 0.1) is 0 Å². The summed E-state index contributed by atoms with van der Waals surface area (Å²) in [4.78, 5) is 36.5. The van der Waals surface area contributed by atoms with E-state index < -0.39 is 23.9 Å². The molecule has 0 saturated carbocycles. The van der Waals surface area contributed by atoms with Crippen LogP contribution in [0.4, 0.5) is 0 Å². The minimum Gasteiger partial charge on any atom is -0.481 e. The maximum Gasteiger partial charge on any atom is 0.326 e. The predicted octanol–water partition coefficient (Wildman–Crippen LogP) is -0.0378. The van der Waals surface area contributed by atoms with Crippen molar-refractivity contribution in [3.05, 3.63) is 11.9 Å². The van der Waals surface area contributed by atoms with Crippen LogP contribution in [0.25, 0.3) is 0 Å². The first kappa shape index (κ1) is 17.6. The quantitative estimate of drug-likeness (QED) is 0.417. The second kappa shape index (κ2) is 9.54. The van der Waals surface area contributed by atoms with Crippen LogP contribution in [0.15, 0.2) is 16.9 Å². The van der Waals surface area contributed by atoms with Crippen molar-refractivity contribution in [2.24, 2.45) is 4.99 Å². The Hall–Kier alpha value is -2.38. The van der Waals surface area contributed by atoms with Gasteiger partial charge in [-0.05, 0) is 13.1 Å². The molecule has 0 aliphatic carbocycles. The van der Waals surface area contributed by atoms with Crippen molar-refractivity contribution in [2.45, 2.75) is 31.7 Å². The van der Waals surface area contributed by atoms with E-state index in [2.05, 4.69) is 22.3 Å². The molecule has 4 N–H and O–H groups in total. The smallest absolute Gasteiger partial charge is 0.326 e. The zero-order chi connectivity index (χ0) is 15.5. The van der Waals surface area contributed by atoms with Gasteiger partial charge in [0.25, 0.3) is 0 Å². The summed E-state index contributed by atoms with van der Waals surface area (Å²) in [5.41, 5.74) is 0.394. The molecule has 1 amide bonds. The van der Waals surface area contributed by atoms with Gasteiger partial charge in [-0.2, -0.15) is 0 Å². The molecule has 8 heteroatoms. The van der Waals surface area contributed by atoms with E-state index >= 15 is 0 Å². The Morgan fingerprint density at radius 2 is 1.95 bits per heavy atom. The number of hydrogen-bond acceptors (Lipinski definition) is 5. The molecule has 0 fully saturated rings. The van der Waals surface area contributed by atoms with Crippen LogP contribution in [0.1, 0.15) is 25.7 Å². The van der Waals surface area contributed by atoms with Gasteiger partial charge in [-0.1, -0.05) is 0 Å². The Kier molecular flexibility index (Phi) is 8.40. The van der Waals surface area contributed by atoms with Gasteiger partial charge in [0.1, 0.15) is 6.04 Å². The third-order valence-corrected chi connectivity index (χ3v) is 2.36. The number of amides is 1. The van der Waals surface area contributed by atoms with Gasteiger partial charge in [0.2, 0.25) is 5.91 Å². The third-order valence-electron chi connectivity index (χ3n) is 2.36. The number of nitrogens with one attached hydrogen (secondary N) is 2. The molecule has 1 unspecified atom stereocenters. The fourth-order valence-electron chi connectivity index (χ4n) is 1.41. The van der Waals surface area contributed by atoms with Crippen LogP contribution in [0.5, 0.6) is 0 Å². The maximum atomic E-state index is 11.5. The normalized spacial score (nSPS) is 12.3. The van der Waals surface area contributed by atoms with E-state index in [4.69, 9.17) is 10.2 Å². The van der Waals surface area contributed by atoms with E-state index in [-0.39, 0.29) is 25.7 Å². The summed E-state index contributed by atoms with van der Waals surface area (Å²) < 4.78 is 0. The Bertz CT molecular complexity index is 406. The van der Waals surface area contributed by atoms with E-state index in [1.54, 1.807) is 7.05 Å². The fraction of sp³-hybridized carbons (Fsp3) is 0.500. The zero-order valence-electron chi connectivity index (χ0n) is 11.3. The molecule has 8 nitrogen and oxygen atoms in total. The van der Waals surface area contributed by atoms with E-state index in [9.17, 15) is 14.4 Å². The molecule has 0 aromatic rings. The number of nitrogens with zero attached hydrogens (tertiary/aromatic N) is 1. The van der Waals surface area contributed by atoms with Crippen LogP contribution in [-0.4, -0.2) is 47.9 Å². The molecule has 0 spiro atoms. The highest BCUT2D eigenvalue weighted by atomic mass is 16.4. The van der Waals surface area contributed by atoms with Crippen molar-refractivity contribution in [1.82, 2.24) is 10.6 Å². The lowest BCUT2D eigenvalue weighted by atomic mass is 10.1. The van der Waals surface area contributed by atoms with E-state index in [1.165, 1.54) is 6.20 Å². The van der Waals surface area contributed by atoms with Gasteiger partial charge < -0.3 is 20.8 Å². The number of hydrogen-bond donors (Lipinski definition) is 4. The summed E-state index contributed by atoms with van der Waals surface area (Å²) in [5.74, 6) is -2.70. The standard InChI is InChI=1S/C12H19N3O5/c1-13-7-8(14-2)6-9(12(19)20)15-10(16)4-3-5-11(17)18/h7,9,13H,2-6H2,1H3,(H,15,16)(H,17,18)(H,19,20)/b8-7-. The minimum absolute atomic E-state index is 0.00958. The van der Waals surface area contributed by atoms with Crippen molar-refractivity contribution < 1.29 is 24.6 Å². The van der Waals surface area contributed by atoms with Gasteiger partial charge >= 0.3 is 11.9 Å². The SMILES string of the molecule is C=N/C(=C\NC)CC(NC(=O)CCCC(=O)O)C(=O)O. The summed E-state index contributed by atoms with van der Waals surface area (Å²) in [6.07, 6.45) is 1.46. The molecule has 0 saturated heterocycles. The van der Waals surface area contributed by atoms with Gasteiger partial charge in [0.15, 0.2) is 0 Å². The highest BCUT2D eigenvalue weighted by molar-refractivity contribution is 5.84. The first-order chi connectivity index (χ1) is 9.40. The van der Waals surface area contributed by atoms with Gasteiger partial charge in [-0.25, -0.2) is 4.79 Å². The molecule has 0 heterocycles. The molecule has 1 atom stereocenters. The molecular formula is C12H19N3O5. The van der Waals surface area contributed by atoms with Gasteiger partial charge in [-0.3, -0.25) is 14.6 Å². The lowest BCUT2D eigenvalue weighted by Crippen LogP contribution is -2.41. The van der Waals surface area contributed by atoms with Crippen molar-refractivity contribution in [1.29, 1.82) is 0 Å². The monoisotopic (exact) mass is 285 g/mol. The topological polar surface area (TPSA) is 128 Å². The molecule has 0 aliphatic heterocycles. The molecule has 0 aliphatic rings. The van der Waals surface area contributed by atoms with Crippen LogP contribution < -0.4 is 10.6 Å². The lowest BCUT2D eigenvalue weighted by molar-refractivity contribution is -0.142. The fourth-order valence-corrected chi connectivity index (χ4v) is 1.41. The molecular weight excluding hydrogens is 266 g/mol. The van der Waals surface area contributed by atoms with Crippen LogP contribution in [-0.2, 0) is 14.4 Å². The predicted molar refractivity (Wildman–Crippen MR) is 72.4 cm³/mol. The third kappa shape index (κ3) is 7.85. The van der Waals surface area contributed by atoms with Crippen molar-refractivity contribution in [3.8, 4) is 0 Å². The number of aliphatic imine (C=N–C) groups is 1. The lowest BCUT2D eigenvalue weighted by Gasteiger charge is -2.14. The number of aliphatic carboxylic acids is 2. The number of carbonyl (C=O) groups is 3. The van der Waals surface area contributed by atoms with Gasteiger partial charge in [0.05, 0.1) is 5.70 Å². The van der Waals surface area contributed by atoms with Gasteiger partial charge in [-0.15, -0.1) is 0 Å². The summed E-state index contributed by atoms with van der Waals surface area (Å²) >= 11 is 0. The van der Waals surface area contributed by atoms with Crippen LogP contribution in [0.2, 0.25) is 0 Å². The average Bonchev–Trinajstić information content (AvgIpc) is 2.36. The summed E-state index contributed by atoms with van der Waals surface area (Å²) in [7, 11) is 1.63. The number of rotatable bonds is 10. The van der Waals surface area contributed by atoms with E-state index in [1.807, 2.05) is 0 Å². The molecule has 20 heavy (non-hydrogen) atoms. The number of carbonyl (C=O) groups excluding carboxylic acids is 1. The van der Waals surface area contributed by atoms with E-state index in [0.717, 1.165) is 0 Å². The Morgan fingerprint density at radius 1 is 1.30 bits per heavy atom. The first-order valence-electron chi connectivity index (χ1n) is 5.97. The minimum atomic E-state index is -1.19. The Balaban J connectivity index is 4.43. The largest absolute Gasteiger partial charge is 0.481 e. The zero-order valence-corrected chi connectivity index (χ0v) is 11.3. The van der Waals surface area contributed by atoms with Gasteiger partial charge in [0, 0.05) is 32.5 Å². The van der Waals surface area contributed by atoms with E-state index in [0.29, 0.717) is 5.70 Å². The average molecular weight is 285 g/mol. The molecule has 112 valence electrons. The Labute approximate surface area is 116 Å². The second-order valence-electron chi connectivity index (χ2n) is 3.99. The molecule has 0 aromatic carbocycles.